The van der Waals surface area contributed by atoms with Crippen molar-refractivity contribution in [3.8, 4) is 5.75 Å². The number of amides is 2. The smallest absolute Gasteiger partial charge is 0.273 e. The summed E-state index contributed by atoms with van der Waals surface area (Å²) in [6.45, 7) is 2.07. The summed E-state index contributed by atoms with van der Waals surface area (Å²) >= 11 is 0. The Morgan fingerprint density at radius 1 is 1.12 bits per heavy atom. The number of rotatable bonds is 7. The summed E-state index contributed by atoms with van der Waals surface area (Å²) in [5.74, 6) is 0.162. The van der Waals surface area contributed by atoms with Gasteiger partial charge in [0.25, 0.3) is 5.91 Å². The van der Waals surface area contributed by atoms with E-state index in [1.165, 1.54) is 0 Å². The van der Waals surface area contributed by atoms with Crippen LogP contribution in [0.4, 0.5) is 5.69 Å². The molecule has 2 amide bonds. The van der Waals surface area contributed by atoms with Gasteiger partial charge < -0.3 is 15.8 Å². The second-order valence-electron chi connectivity index (χ2n) is 5.68. The molecule has 0 bridgehead atoms. The molecule has 2 rings (SSSR count). The molecule has 0 heterocycles. The first-order chi connectivity index (χ1) is 12.5. The Kier molecular flexibility index (Phi) is 6.73. The number of ether oxygens (including phenoxy) is 1. The summed E-state index contributed by atoms with van der Waals surface area (Å²) in [5.41, 5.74) is 10.3. The van der Waals surface area contributed by atoms with Crippen molar-refractivity contribution in [3.05, 3.63) is 59.7 Å². The minimum absolute atomic E-state index is 0.0840. The molecule has 2 aromatic rings. The van der Waals surface area contributed by atoms with Gasteiger partial charge >= 0.3 is 0 Å². The fourth-order valence-corrected chi connectivity index (χ4v) is 2.19. The molecule has 0 atom stereocenters. The van der Waals surface area contributed by atoms with E-state index in [1.54, 1.807) is 38.3 Å². The average molecular weight is 354 g/mol. The summed E-state index contributed by atoms with van der Waals surface area (Å²) in [5, 5.41) is 6.75. The molecular formula is C19H22N4O3. The van der Waals surface area contributed by atoms with Gasteiger partial charge in [-0.2, -0.15) is 5.10 Å². The van der Waals surface area contributed by atoms with Gasteiger partial charge in [-0.05, 0) is 36.8 Å². The van der Waals surface area contributed by atoms with Gasteiger partial charge in [-0.3, -0.25) is 9.59 Å². The number of para-hydroxylation sites is 1. The molecule has 0 fully saturated rings. The van der Waals surface area contributed by atoms with Crippen molar-refractivity contribution in [2.24, 2.45) is 5.10 Å². The number of benzene rings is 2. The fourth-order valence-electron chi connectivity index (χ4n) is 2.19. The highest BCUT2D eigenvalue weighted by Crippen LogP contribution is 2.11. The number of nitrogens with two attached hydrogens (primary N) is 1. The van der Waals surface area contributed by atoms with Gasteiger partial charge in [-0.1, -0.05) is 24.3 Å². The van der Waals surface area contributed by atoms with Crippen LogP contribution in [0.5, 0.6) is 5.75 Å². The summed E-state index contributed by atoms with van der Waals surface area (Å²) in [6.07, 6.45) is 0.0840. The third-order valence-corrected chi connectivity index (χ3v) is 3.62. The SMILES string of the molecule is COc1ccc(CNC(=O)CC(C)=NNC(=O)c2ccccc2N)cc1. The minimum Gasteiger partial charge on any atom is -0.497 e. The van der Waals surface area contributed by atoms with Crippen LogP contribution in [0.15, 0.2) is 53.6 Å². The molecule has 0 aliphatic rings. The Balaban J connectivity index is 1.81. The van der Waals surface area contributed by atoms with Gasteiger partial charge in [-0.25, -0.2) is 5.43 Å². The molecule has 7 nitrogen and oxygen atoms in total. The molecule has 0 saturated heterocycles. The van der Waals surface area contributed by atoms with Crippen molar-refractivity contribution in [1.82, 2.24) is 10.7 Å². The van der Waals surface area contributed by atoms with Crippen molar-refractivity contribution in [2.45, 2.75) is 19.9 Å². The summed E-state index contributed by atoms with van der Waals surface area (Å²) in [7, 11) is 1.60. The van der Waals surface area contributed by atoms with Crippen molar-refractivity contribution < 1.29 is 14.3 Å². The lowest BCUT2D eigenvalue weighted by molar-refractivity contribution is -0.120. The number of anilines is 1. The monoisotopic (exact) mass is 354 g/mol. The molecule has 2 aromatic carbocycles. The average Bonchev–Trinajstić information content (AvgIpc) is 2.65. The third kappa shape index (κ3) is 5.62. The van der Waals surface area contributed by atoms with Crippen LogP contribution in [0.3, 0.4) is 0 Å². The van der Waals surface area contributed by atoms with E-state index in [0.717, 1.165) is 11.3 Å². The van der Waals surface area contributed by atoms with E-state index in [0.29, 0.717) is 23.5 Å². The summed E-state index contributed by atoms with van der Waals surface area (Å²) < 4.78 is 5.09. The number of carbonyl (C=O) groups excluding carboxylic acids is 2. The van der Waals surface area contributed by atoms with E-state index >= 15 is 0 Å². The summed E-state index contributed by atoms with van der Waals surface area (Å²) in [6, 6.07) is 14.1. The molecule has 0 aliphatic carbocycles. The van der Waals surface area contributed by atoms with Crippen molar-refractivity contribution in [3.63, 3.8) is 0 Å². The van der Waals surface area contributed by atoms with Crippen LogP contribution in [-0.4, -0.2) is 24.6 Å². The number of nitrogen functional groups attached to an aromatic ring is 1. The molecule has 0 aromatic heterocycles. The van der Waals surface area contributed by atoms with Crippen molar-refractivity contribution in [1.29, 1.82) is 0 Å². The van der Waals surface area contributed by atoms with E-state index in [-0.39, 0.29) is 12.3 Å². The van der Waals surface area contributed by atoms with Crippen molar-refractivity contribution in [2.75, 3.05) is 12.8 Å². The lowest BCUT2D eigenvalue weighted by atomic mass is 10.2. The molecule has 7 heteroatoms. The number of nitrogens with zero attached hydrogens (tertiary/aromatic N) is 1. The van der Waals surface area contributed by atoms with Crippen LogP contribution in [0.2, 0.25) is 0 Å². The van der Waals surface area contributed by atoms with Crippen LogP contribution in [0, 0.1) is 0 Å². The Bertz CT molecular complexity index is 801. The third-order valence-electron chi connectivity index (χ3n) is 3.62. The number of nitrogens with one attached hydrogen (secondary N) is 2. The van der Waals surface area contributed by atoms with E-state index in [1.807, 2.05) is 24.3 Å². The fraction of sp³-hybridized carbons (Fsp3) is 0.211. The predicted octanol–water partition coefficient (Wildman–Crippen LogP) is 2.09. The number of hydrogen-bond donors (Lipinski definition) is 3. The second kappa shape index (κ2) is 9.22. The van der Waals surface area contributed by atoms with E-state index in [2.05, 4.69) is 15.8 Å². The largest absolute Gasteiger partial charge is 0.497 e. The standard InChI is InChI=1S/C19H22N4O3/c1-13(22-23-19(25)16-5-3-4-6-17(16)20)11-18(24)21-12-14-7-9-15(26-2)10-8-14/h3-10H,11-12,20H2,1-2H3,(H,21,24)(H,23,25). The molecule has 0 aliphatic heterocycles. The minimum atomic E-state index is -0.416. The topological polar surface area (TPSA) is 106 Å². The van der Waals surface area contributed by atoms with Gasteiger partial charge in [0.15, 0.2) is 0 Å². The zero-order valence-corrected chi connectivity index (χ0v) is 14.8. The number of carbonyl (C=O) groups is 2. The molecule has 0 unspecified atom stereocenters. The highest BCUT2D eigenvalue weighted by molar-refractivity contribution is 6.02. The van der Waals surface area contributed by atoms with Crippen LogP contribution >= 0.6 is 0 Å². The Morgan fingerprint density at radius 2 is 1.81 bits per heavy atom. The zero-order chi connectivity index (χ0) is 18.9. The lowest BCUT2D eigenvalue weighted by Gasteiger charge is -2.07. The summed E-state index contributed by atoms with van der Waals surface area (Å²) in [4.78, 5) is 24.0. The second-order valence-corrected chi connectivity index (χ2v) is 5.68. The first-order valence-electron chi connectivity index (χ1n) is 8.07. The molecule has 0 saturated carbocycles. The highest BCUT2D eigenvalue weighted by Gasteiger charge is 2.09. The Labute approximate surface area is 152 Å². The zero-order valence-electron chi connectivity index (χ0n) is 14.8. The van der Waals surface area contributed by atoms with Gasteiger partial charge in [0.1, 0.15) is 5.75 Å². The maximum atomic E-state index is 12.0. The molecule has 0 spiro atoms. The highest BCUT2D eigenvalue weighted by atomic mass is 16.5. The number of hydrazone groups is 1. The lowest BCUT2D eigenvalue weighted by Crippen LogP contribution is -2.26. The maximum Gasteiger partial charge on any atom is 0.273 e. The molecule has 0 radical (unpaired) electrons. The van der Waals surface area contributed by atoms with Gasteiger partial charge in [-0.15, -0.1) is 0 Å². The van der Waals surface area contributed by atoms with Crippen LogP contribution in [0.25, 0.3) is 0 Å². The van der Waals surface area contributed by atoms with E-state index in [4.69, 9.17) is 10.5 Å². The normalized spacial score (nSPS) is 10.9. The molecule has 4 N–H and O–H groups in total. The van der Waals surface area contributed by atoms with Gasteiger partial charge in [0, 0.05) is 17.9 Å². The van der Waals surface area contributed by atoms with Crippen LogP contribution in [0.1, 0.15) is 29.3 Å². The molecule has 26 heavy (non-hydrogen) atoms. The Morgan fingerprint density at radius 3 is 2.46 bits per heavy atom. The Hall–Kier alpha value is -3.35. The van der Waals surface area contributed by atoms with Crippen molar-refractivity contribution >= 4 is 23.2 Å². The number of methoxy groups -OCH3 is 1. The van der Waals surface area contributed by atoms with Crippen LogP contribution in [-0.2, 0) is 11.3 Å². The molecular weight excluding hydrogens is 332 g/mol. The van der Waals surface area contributed by atoms with Crippen LogP contribution < -0.4 is 21.2 Å². The molecule has 136 valence electrons. The van der Waals surface area contributed by atoms with Gasteiger partial charge in [0.2, 0.25) is 5.91 Å². The van der Waals surface area contributed by atoms with Gasteiger partial charge in [0.05, 0.1) is 19.1 Å². The maximum absolute atomic E-state index is 12.0. The van der Waals surface area contributed by atoms with E-state index in [9.17, 15) is 9.59 Å². The van der Waals surface area contributed by atoms with E-state index < -0.39 is 5.91 Å². The quantitative estimate of drug-likeness (QED) is 0.402. The number of hydrogen-bond acceptors (Lipinski definition) is 5. The first kappa shape index (κ1) is 19.0. The predicted molar refractivity (Wildman–Crippen MR) is 101 cm³/mol. The first-order valence-corrected chi connectivity index (χ1v) is 8.07.